The molecule has 3 rings (SSSR count). The van der Waals surface area contributed by atoms with Gasteiger partial charge in [-0.25, -0.2) is 13.1 Å². The van der Waals surface area contributed by atoms with Gasteiger partial charge in [0.15, 0.2) is 5.76 Å². The number of amides is 1. The van der Waals surface area contributed by atoms with Crippen LogP contribution >= 0.6 is 0 Å². The Morgan fingerprint density at radius 2 is 1.71 bits per heavy atom. The van der Waals surface area contributed by atoms with E-state index in [1.807, 2.05) is 49.4 Å². The highest BCUT2D eigenvalue weighted by Crippen LogP contribution is 2.25. The second-order valence-corrected chi connectivity index (χ2v) is 9.17. The van der Waals surface area contributed by atoms with Gasteiger partial charge in [-0.1, -0.05) is 30.3 Å². The van der Waals surface area contributed by atoms with Gasteiger partial charge in [-0.15, -0.1) is 0 Å². The molecule has 2 aromatic carbocycles. The number of carbonyl (C=O) groups is 1. The van der Waals surface area contributed by atoms with Crippen LogP contribution in [0.25, 0.3) is 10.8 Å². The number of hydrogen-bond acceptors (Lipinski definition) is 4. The lowest BCUT2D eigenvalue weighted by atomic mass is 10.1. The van der Waals surface area contributed by atoms with Gasteiger partial charge in [-0.2, -0.15) is 0 Å². The summed E-state index contributed by atoms with van der Waals surface area (Å²) >= 11 is 0. The predicted octanol–water partition coefficient (Wildman–Crippen LogP) is 4.18. The minimum absolute atomic E-state index is 0.0238. The van der Waals surface area contributed by atoms with Gasteiger partial charge < -0.3 is 9.32 Å². The normalized spacial score (nSPS) is 12.3. The van der Waals surface area contributed by atoms with Gasteiger partial charge >= 0.3 is 0 Å². The molecule has 148 valence electrons. The number of fused-ring (bicyclic) bond motifs is 1. The maximum absolute atomic E-state index is 13.0. The van der Waals surface area contributed by atoms with Crippen LogP contribution in [-0.4, -0.2) is 26.4 Å². The monoisotopic (exact) mass is 400 g/mol. The summed E-state index contributed by atoms with van der Waals surface area (Å²) in [5.41, 5.74) is 0.0657. The van der Waals surface area contributed by atoms with Crippen LogP contribution in [0.15, 0.2) is 64.1 Å². The highest BCUT2D eigenvalue weighted by molar-refractivity contribution is 7.89. The zero-order valence-corrected chi connectivity index (χ0v) is 17.2. The second kappa shape index (κ2) is 7.41. The van der Waals surface area contributed by atoms with Crippen LogP contribution in [0.1, 0.15) is 38.2 Å². The molecule has 6 nitrogen and oxygen atoms in total. The highest BCUT2D eigenvalue weighted by atomic mass is 32.2. The summed E-state index contributed by atoms with van der Waals surface area (Å²) in [6, 6.07) is 16.3. The van der Waals surface area contributed by atoms with E-state index in [4.69, 9.17) is 4.42 Å². The molecular weight excluding hydrogens is 376 g/mol. The Bertz CT molecular complexity index is 1110. The molecule has 0 bridgehead atoms. The maximum atomic E-state index is 13.0. The second-order valence-electron chi connectivity index (χ2n) is 7.56. The van der Waals surface area contributed by atoms with Crippen molar-refractivity contribution in [1.29, 1.82) is 0 Å². The van der Waals surface area contributed by atoms with Gasteiger partial charge in [-0.3, -0.25) is 4.79 Å². The Kier molecular flexibility index (Phi) is 5.32. The standard InChI is InChI=1S/C21H24N2O4S/c1-5-23(17-11-10-15-8-6-7-9-16(15)14-17)20(24)18-12-13-19(27-18)28(25,26)22-21(2,3)4/h6-14,22H,5H2,1-4H3. The average molecular weight is 401 g/mol. The van der Waals surface area contributed by atoms with Crippen molar-refractivity contribution in [1.82, 2.24) is 4.72 Å². The van der Waals surface area contributed by atoms with E-state index in [1.54, 1.807) is 25.7 Å². The molecule has 0 aliphatic rings. The molecule has 0 saturated carbocycles. The molecule has 7 heteroatoms. The zero-order valence-electron chi connectivity index (χ0n) is 16.4. The third kappa shape index (κ3) is 4.26. The first kappa shape index (κ1) is 20.1. The van der Waals surface area contributed by atoms with Gasteiger partial charge in [0.25, 0.3) is 15.9 Å². The minimum Gasteiger partial charge on any atom is -0.438 e. The van der Waals surface area contributed by atoms with E-state index in [1.165, 1.54) is 12.1 Å². The van der Waals surface area contributed by atoms with Gasteiger partial charge in [0, 0.05) is 17.8 Å². The number of carbonyl (C=O) groups excluding carboxylic acids is 1. The van der Waals surface area contributed by atoms with E-state index in [2.05, 4.69) is 4.72 Å². The quantitative estimate of drug-likeness (QED) is 0.697. The summed E-state index contributed by atoms with van der Waals surface area (Å²) in [7, 11) is -3.84. The molecule has 1 N–H and O–H groups in total. The molecule has 1 amide bonds. The number of anilines is 1. The molecule has 0 saturated heterocycles. The Morgan fingerprint density at radius 1 is 1.04 bits per heavy atom. The third-order valence-corrected chi connectivity index (χ3v) is 5.73. The third-order valence-electron chi connectivity index (χ3n) is 4.10. The summed E-state index contributed by atoms with van der Waals surface area (Å²) < 4.78 is 32.7. The van der Waals surface area contributed by atoms with Gasteiger partial charge in [0.2, 0.25) is 5.09 Å². The number of nitrogens with one attached hydrogen (secondary N) is 1. The molecule has 3 aromatic rings. The van der Waals surface area contributed by atoms with Crippen molar-refractivity contribution in [3.63, 3.8) is 0 Å². The fourth-order valence-corrected chi connectivity index (χ4v) is 4.31. The van der Waals surface area contributed by atoms with E-state index in [-0.39, 0.29) is 10.9 Å². The maximum Gasteiger partial charge on any atom is 0.294 e. The smallest absolute Gasteiger partial charge is 0.294 e. The van der Waals surface area contributed by atoms with Crippen molar-refractivity contribution >= 4 is 32.4 Å². The molecule has 0 atom stereocenters. The summed E-state index contributed by atoms with van der Waals surface area (Å²) in [5, 5.41) is 1.82. The van der Waals surface area contributed by atoms with E-state index < -0.39 is 21.5 Å². The van der Waals surface area contributed by atoms with Crippen LogP contribution < -0.4 is 9.62 Å². The van der Waals surface area contributed by atoms with Crippen LogP contribution in [0, 0.1) is 0 Å². The molecule has 0 aliphatic carbocycles. The fourth-order valence-electron chi connectivity index (χ4n) is 2.95. The van der Waals surface area contributed by atoms with Gasteiger partial charge in [0.05, 0.1) is 0 Å². The van der Waals surface area contributed by atoms with E-state index in [0.717, 1.165) is 16.5 Å². The largest absolute Gasteiger partial charge is 0.438 e. The van der Waals surface area contributed by atoms with Crippen molar-refractivity contribution in [3.8, 4) is 0 Å². The van der Waals surface area contributed by atoms with Gasteiger partial charge in [0.1, 0.15) is 0 Å². The summed E-state index contributed by atoms with van der Waals surface area (Å²) in [5.74, 6) is -0.417. The van der Waals surface area contributed by atoms with Crippen molar-refractivity contribution in [2.24, 2.45) is 0 Å². The van der Waals surface area contributed by atoms with Gasteiger partial charge in [-0.05, 0) is 62.7 Å². The topological polar surface area (TPSA) is 79.6 Å². The number of sulfonamides is 1. The molecule has 28 heavy (non-hydrogen) atoms. The predicted molar refractivity (Wildman–Crippen MR) is 110 cm³/mol. The number of furan rings is 1. The molecule has 0 unspecified atom stereocenters. The number of nitrogens with zero attached hydrogens (tertiary/aromatic N) is 1. The molecule has 0 radical (unpaired) electrons. The lowest BCUT2D eigenvalue weighted by molar-refractivity contribution is 0.0956. The Hall–Kier alpha value is -2.64. The lowest BCUT2D eigenvalue weighted by Gasteiger charge is -2.20. The zero-order chi connectivity index (χ0) is 20.5. The van der Waals surface area contributed by atoms with Crippen LogP contribution in [0.3, 0.4) is 0 Å². The van der Waals surface area contributed by atoms with Crippen LogP contribution in [0.2, 0.25) is 0 Å². The van der Waals surface area contributed by atoms with Crippen molar-refractivity contribution in [2.45, 2.75) is 38.3 Å². The van der Waals surface area contributed by atoms with Crippen molar-refractivity contribution in [3.05, 3.63) is 60.4 Å². The average Bonchev–Trinajstić information content (AvgIpc) is 3.11. The molecule has 0 aliphatic heterocycles. The van der Waals surface area contributed by atoms with Crippen molar-refractivity contribution in [2.75, 3.05) is 11.4 Å². The van der Waals surface area contributed by atoms with E-state index in [9.17, 15) is 13.2 Å². The number of benzene rings is 2. The minimum atomic E-state index is -3.84. The lowest BCUT2D eigenvalue weighted by Crippen LogP contribution is -2.40. The highest BCUT2D eigenvalue weighted by Gasteiger charge is 2.27. The molecule has 1 aromatic heterocycles. The summed E-state index contributed by atoms with van der Waals surface area (Å²) in [6.07, 6.45) is 0. The van der Waals surface area contributed by atoms with Crippen LogP contribution in [-0.2, 0) is 10.0 Å². The Labute approximate surface area is 165 Å². The molecular formula is C21H24N2O4S. The summed E-state index contributed by atoms with van der Waals surface area (Å²) in [4.78, 5) is 14.5. The van der Waals surface area contributed by atoms with Crippen LogP contribution in [0.5, 0.6) is 0 Å². The first-order valence-electron chi connectivity index (χ1n) is 9.05. The summed E-state index contributed by atoms with van der Waals surface area (Å²) in [6.45, 7) is 7.48. The van der Waals surface area contributed by atoms with E-state index >= 15 is 0 Å². The Morgan fingerprint density at radius 3 is 2.36 bits per heavy atom. The molecule has 0 fully saturated rings. The van der Waals surface area contributed by atoms with E-state index in [0.29, 0.717) is 6.54 Å². The van der Waals surface area contributed by atoms with Crippen LogP contribution in [0.4, 0.5) is 5.69 Å². The number of hydrogen-bond donors (Lipinski definition) is 1. The first-order valence-corrected chi connectivity index (χ1v) is 10.5. The molecule has 0 spiro atoms. The number of rotatable bonds is 5. The fraction of sp³-hybridized carbons (Fsp3) is 0.286. The SMILES string of the molecule is CCN(C(=O)c1ccc(S(=O)(=O)NC(C)(C)C)o1)c1ccc2ccccc2c1. The molecule has 1 heterocycles. The Balaban J connectivity index is 1.90. The van der Waals surface area contributed by atoms with Crippen molar-refractivity contribution < 1.29 is 17.6 Å². The first-order chi connectivity index (χ1) is 13.1.